The summed E-state index contributed by atoms with van der Waals surface area (Å²) in [6.45, 7) is 1.67. The van der Waals surface area contributed by atoms with Crippen LogP contribution in [0.3, 0.4) is 0 Å². The van der Waals surface area contributed by atoms with E-state index in [9.17, 15) is 9.59 Å². The van der Waals surface area contributed by atoms with E-state index in [4.69, 9.17) is 4.74 Å². The second kappa shape index (κ2) is 9.39. The molecule has 0 radical (unpaired) electrons. The summed E-state index contributed by atoms with van der Waals surface area (Å²) < 4.78 is 5.50. The van der Waals surface area contributed by atoms with E-state index in [1.807, 2.05) is 79.7 Å². The van der Waals surface area contributed by atoms with Gasteiger partial charge in [0.15, 0.2) is 6.61 Å². The summed E-state index contributed by atoms with van der Waals surface area (Å²) in [6, 6.07) is 29.0. The van der Waals surface area contributed by atoms with Gasteiger partial charge in [0, 0.05) is 5.56 Å². The first-order chi connectivity index (χ1) is 18.1. The minimum absolute atomic E-state index is 0.292. The number of esters is 1. The van der Waals surface area contributed by atoms with Crippen LogP contribution in [0, 0.1) is 6.92 Å². The van der Waals surface area contributed by atoms with Crippen molar-refractivity contribution in [3.63, 3.8) is 0 Å². The van der Waals surface area contributed by atoms with E-state index < -0.39 is 5.97 Å². The molecule has 1 aliphatic heterocycles. The number of nitrogens with zero attached hydrogens (tertiary/aromatic N) is 2. The van der Waals surface area contributed by atoms with Crippen LogP contribution in [0.4, 0.5) is 11.4 Å². The van der Waals surface area contributed by atoms with Crippen molar-refractivity contribution < 1.29 is 14.3 Å². The van der Waals surface area contributed by atoms with E-state index in [0.29, 0.717) is 5.56 Å². The highest BCUT2D eigenvalue weighted by Crippen LogP contribution is 2.36. The Morgan fingerprint density at radius 1 is 0.865 bits per heavy atom. The molecule has 2 heterocycles. The van der Waals surface area contributed by atoms with Crippen LogP contribution in [0.15, 0.2) is 91.0 Å². The lowest BCUT2D eigenvalue weighted by Gasteiger charge is -2.24. The number of carbonyl (C=O) groups is 2. The quantitative estimate of drug-likeness (QED) is 0.308. The Bertz CT molecular complexity index is 1590. The first-order valence-corrected chi connectivity index (χ1v) is 12.3. The molecule has 0 fully saturated rings. The van der Waals surface area contributed by atoms with Gasteiger partial charge in [-0.1, -0.05) is 66.2 Å². The van der Waals surface area contributed by atoms with E-state index in [0.717, 1.165) is 57.8 Å². The van der Waals surface area contributed by atoms with Gasteiger partial charge >= 0.3 is 5.97 Å². The second-order valence-electron chi connectivity index (χ2n) is 9.25. The lowest BCUT2D eigenvalue weighted by atomic mass is 10.0. The first kappa shape index (κ1) is 22.7. The largest absolute Gasteiger partial charge is 0.452 e. The van der Waals surface area contributed by atoms with Crippen LogP contribution in [0.1, 0.15) is 27.0 Å². The Morgan fingerprint density at radius 3 is 2.19 bits per heavy atom. The molecular formula is C31H25N3O3. The molecular weight excluding hydrogens is 462 g/mol. The highest BCUT2D eigenvalue weighted by molar-refractivity contribution is 6.04. The van der Waals surface area contributed by atoms with Crippen molar-refractivity contribution >= 4 is 34.3 Å². The van der Waals surface area contributed by atoms with Crippen molar-refractivity contribution in [2.75, 3.05) is 11.5 Å². The standard InChI is InChI=1S/C31H25N3O3/c1-20-10-12-23(13-11-20)30-32-25-17-16-24(18-26(25)33-30)31(36)37-19-29(35)34-27-8-4-2-6-21(27)14-15-22-7-3-5-9-28(22)34/h2-13,16-18H,14-15,19H2,1H3,(H,32,33). The molecule has 1 amide bonds. The SMILES string of the molecule is Cc1ccc(-c2nc3ccc(C(=O)OCC(=O)N4c5ccccc5CCc5ccccc54)cc3[nH]2)cc1. The summed E-state index contributed by atoms with van der Waals surface area (Å²) in [7, 11) is 0. The zero-order valence-electron chi connectivity index (χ0n) is 20.4. The summed E-state index contributed by atoms with van der Waals surface area (Å²) in [6.07, 6.45) is 1.68. The molecule has 0 atom stereocenters. The predicted octanol–water partition coefficient (Wildman–Crippen LogP) is 6.16. The smallest absolute Gasteiger partial charge is 0.338 e. The van der Waals surface area contributed by atoms with Gasteiger partial charge in [-0.05, 0) is 61.2 Å². The molecule has 1 N–H and O–H groups in total. The molecule has 0 bridgehead atoms. The van der Waals surface area contributed by atoms with Gasteiger partial charge in [0.25, 0.3) is 5.91 Å². The van der Waals surface area contributed by atoms with E-state index in [2.05, 4.69) is 9.97 Å². The number of fused-ring (bicyclic) bond motifs is 3. The number of aromatic nitrogens is 2. The molecule has 0 spiro atoms. The van der Waals surface area contributed by atoms with Crippen molar-refractivity contribution in [2.45, 2.75) is 19.8 Å². The molecule has 0 saturated carbocycles. The maximum Gasteiger partial charge on any atom is 0.338 e. The van der Waals surface area contributed by atoms with Crippen LogP contribution >= 0.6 is 0 Å². The van der Waals surface area contributed by atoms with Crippen LogP contribution in [0.25, 0.3) is 22.4 Å². The van der Waals surface area contributed by atoms with Crippen molar-refractivity contribution in [1.82, 2.24) is 9.97 Å². The fourth-order valence-electron chi connectivity index (χ4n) is 4.81. The number of anilines is 2. The van der Waals surface area contributed by atoms with Crippen molar-refractivity contribution in [3.05, 3.63) is 113 Å². The summed E-state index contributed by atoms with van der Waals surface area (Å²) >= 11 is 0. The lowest BCUT2D eigenvalue weighted by molar-refractivity contribution is -0.120. The third-order valence-electron chi connectivity index (χ3n) is 6.75. The van der Waals surface area contributed by atoms with E-state index in [-0.39, 0.29) is 12.5 Å². The second-order valence-corrected chi connectivity index (χ2v) is 9.25. The number of amides is 1. The minimum Gasteiger partial charge on any atom is -0.452 e. The molecule has 6 rings (SSSR count). The maximum atomic E-state index is 13.4. The van der Waals surface area contributed by atoms with Gasteiger partial charge in [0.05, 0.1) is 28.0 Å². The van der Waals surface area contributed by atoms with Gasteiger partial charge in [0.1, 0.15) is 5.82 Å². The minimum atomic E-state index is -0.557. The lowest BCUT2D eigenvalue weighted by Crippen LogP contribution is -2.31. The van der Waals surface area contributed by atoms with Gasteiger partial charge in [-0.2, -0.15) is 0 Å². The molecule has 6 nitrogen and oxygen atoms in total. The third kappa shape index (κ3) is 4.38. The van der Waals surface area contributed by atoms with Crippen LogP contribution < -0.4 is 4.90 Å². The van der Waals surface area contributed by atoms with Gasteiger partial charge in [-0.3, -0.25) is 9.69 Å². The number of benzene rings is 4. The van der Waals surface area contributed by atoms with Crippen molar-refractivity contribution in [2.24, 2.45) is 0 Å². The van der Waals surface area contributed by atoms with Gasteiger partial charge in [0.2, 0.25) is 0 Å². The number of aryl methyl sites for hydroxylation is 3. The average Bonchev–Trinajstić information content (AvgIpc) is 3.28. The molecule has 5 aromatic rings. The van der Waals surface area contributed by atoms with Gasteiger partial charge < -0.3 is 9.72 Å². The zero-order chi connectivity index (χ0) is 25.4. The third-order valence-corrected chi connectivity index (χ3v) is 6.75. The Labute approximate surface area is 214 Å². The monoisotopic (exact) mass is 487 g/mol. The molecule has 0 saturated heterocycles. The zero-order valence-corrected chi connectivity index (χ0v) is 20.4. The summed E-state index contributed by atoms with van der Waals surface area (Å²) in [4.78, 5) is 35.9. The number of hydrogen-bond acceptors (Lipinski definition) is 4. The predicted molar refractivity (Wildman–Crippen MR) is 144 cm³/mol. The molecule has 0 aliphatic carbocycles. The number of hydrogen-bond donors (Lipinski definition) is 1. The molecule has 6 heteroatoms. The highest BCUT2D eigenvalue weighted by atomic mass is 16.5. The normalized spacial score (nSPS) is 12.5. The summed E-state index contributed by atoms with van der Waals surface area (Å²) in [5, 5.41) is 0. The number of para-hydroxylation sites is 2. The topological polar surface area (TPSA) is 75.3 Å². The number of carbonyl (C=O) groups excluding carboxylic acids is 2. The average molecular weight is 488 g/mol. The molecule has 0 unspecified atom stereocenters. The van der Waals surface area contributed by atoms with Crippen LogP contribution in [-0.4, -0.2) is 28.5 Å². The molecule has 1 aromatic heterocycles. The molecule has 1 aliphatic rings. The number of nitrogens with one attached hydrogen (secondary N) is 1. The maximum absolute atomic E-state index is 13.4. The van der Waals surface area contributed by atoms with Crippen LogP contribution in [0.2, 0.25) is 0 Å². The fourth-order valence-corrected chi connectivity index (χ4v) is 4.81. The number of imidazole rings is 1. The highest BCUT2D eigenvalue weighted by Gasteiger charge is 2.26. The Morgan fingerprint density at radius 2 is 1.51 bits per heavy atom. The first-order valence-electron chi connectivity index (χ1n) is 12.3. The van der Waals surface area contributed by atoms with Crippen LogP contribution in [0.5, 0.6) is 0 Å². The Balaban J connectivity index is 1.22. The van der Waals surface area contributed by atoms with Gasteiger partial charge in [-0.15, -0.1) is 0 Å². The number of rotatable bonds is 4. The van der Waals surface area contributed by atoms with E-state index in [1.165, 1.54) is 5.56 Å². The molecule has 4 aromatic carbocycles. The molecule has 182 valence electrons. The number of aromatic amines is 1. The summed E-state index contributed by atoms with van der Waals surface area (Å²) in [5.74, 6) is -0.119. The number of ether oxygens (including phenoxy) is 1. The van der Waals surface area contributed by atoms with E-state index >= 15 is 0 Å². The fraction of sp³-hybridized carbons (Fsp3) is 0.129. The van der Waals surface area contributed by atoms with Crippen LogP contribution in [-0.2, 0) is 22.4 Å². The van der Waals surface area contributed by atoms with Gasteiger partial charge in [-0.25, -0.2) is 9.78 Å². The Kier molecular flexibility index (Phi) is 5.77. The Hall–Kier alpha value is -4.71. The van der Waals surface area contributed by atoms with Crippen molar-refractivity contribution in [3.8, 4) is 11.4 Å². The number of H-pyrrole nitrogens is 1. The summed E-state index contributed by atoms with van der Waals surface area (Å²) in [5.41, 5.74) is 7.82. The van der Waals surface area contributed by atoms with E-state index in [1.54, 1.807) is 23.1 Å². The molecule has 37 heavy (non-hydrogen) atoms. The van der Waals surface area contributed by atoms with Crippen molar-refractivity contribution in [1.29, 1.82) is 0 Å².